The van der Waals surface area contributed by atoms with Gasteiger partial charge in [0.05, 0.1) is 48.1 Å². The topological polar surface area (TPSA) is 111 Å². The van der Waals surface area contributed by atoms with Crippen LogP contribution in [0.15, 0.2) is 41.5 Å². The van der Waals surface area contributed by atoms with Gasteiger partial charge in [0.25, 0.3) is 17.5 Å². The molecule has 132 valence electrons. The molecule has 26 heavy (non-hydrogen) atoms. The van der Waals surface area contributed by atoms with E-state index in [1.54, 1.807) is 12.1 Å². The van der Waals surface area contributed by atoms with Crippen molar-refractivity contribution in [2.75, 3.05) is 14.2 Å². The Labute approximate surface area is 147 Å². The molecule has 3 rings (SSSR count). The SMILES string of the molecule is COc1cc(C=NN2C(=O)c3ccccc3C2=O)c([N+](=O)[O-])cc1OC. The quantitative estimate of drug-likeness (QED) is 0.352. The van der Waals surface area contributed by atoms with E-state index < -0.39 is 16.7 Å². The van der Waals surface area contributed by atoms with Crippen LogP contribution in [0.25, 0.3) is 0 Å². The second kappa shape index (κ2) is 6.63. The Hall–Kier alpha value is -3.75. The van der Waals surface area contributed by atoms with Crippen LogP contribution in [0.3, 0.4) is 0 Å². The van der Waals surface area contributed by atoms with E-state index in [2.05, 4.69) is 5.10 Å². The summed E-state index contributed by atoms with van der Waals surface area (Å²) in [6.07, 6.45) is 1.07. The molecule has 0 radical (unpaired) electrons. The van der Waals surface area contributed by atoms with E-state index in [0.29, 0.717) is 5.01 Å². The number of ether oxygens (including phenoxy) is 2. The fourth-order valence-corrected chi connectivity index (χ4v) is 2.55. The molecule has 0 saturated carbocycles. The molecule has 0 aromatic heterocycles. The Kier molecular flexibility index (Phi) is 4.36. The summed E-state index contributed by atoms with van der Waals surface area (Å²) < 4.78 is 10.2. The van der Waals surface area contributed by atoms with Crippen LogP contribution in [0.1, 0.15) is 26.3 Å². The Balaban J connectivity index is 2.00. The lowest BCUT2D eigenvalue weighted by atomic mass is 10.1. The van der Waals surface area contributed by atoms with Gasteiger partial charge in [-0.1, -0.05) is 12.1 Å². The van der Waals surface area contributed by atoms with Crippen molar-refractivity contribution >= 4 is 23.7 Å². The molecule has 0 bridgehead atoms. The highest BCUT2D eigenvalue weighted by atomic mass is 16.6. The van der Waals surface area contributed by atoms with Crippen LogP contribution in [-0.4, -0.2) is 42.2 Å². The van der Waals surface area contributed by atoms with Gasteiger partial charge in [-0.15, -0.1) is 0 Å². The fraction of sp³-hybridized carbons (Fsp3) is 0.118. The van der Waals surface area contributed by atoms with E-state index in [1.807, 2.05) is 0 Å². The van der Waals surface area contributed by atoms with Gasteiger partial charge in [0, 0.05) is 0 Å². The third-order valence-electron chi connectivity index (χ3n) is 3.81. The number of hydrogen-bond acceptors (Lipinski definition) is 7. The van der Waals surface area contributed by atoms with E-state index in [0.717, 1.165) is 6.21 Å². The summed E-state index contributed by atoms with van der Waals surface area (Å²) in [6, 6.07) is 8.84. The van der Waals surface area contributed by atoms with Crippen molar-refractivity contribution in [2.45, 2.75) is 0 Å². The van der Waals surface area contributed by atoms with E-state index >= 15 is 0 Å². The number of carbonyl (C=O) groups is 2. The van der Waals surface area contributed by atoms with E-state index in [9.17, 15) is 19.7 Å². The van der Waals surface area contributed by atoms with E-state index in [4.69, 9.17) is 9.47 Å². The molecule has 0 saturated heterocycles. The van der Waals surface area contributed by atoms with Gasteiger partial charge in [-0.05, 0) is 18.2 Å². The number of methoxy groups -OCH3 is 2. The van der Waals surface area contributed by atoms with Gasteiger partial charge in [-0.2, -0.15) is 10.1 Å². The number of imide groups is 1. The Morgan fingerprint density at radius 1 is 1.04 bits per heavy atom. The number of nitrogens with zero attached hydrogens (tertiary/aromatic N) is 3. The zero-order valence-corrected chi connectivity index (χ0v) is 13.8. The zero-order valence-electron chi connectivity index (χ0n) is 13.8. The van der Waals surface area contributed by atoms with E-state index in [1.165, 1.54) is 38.5 Å². The summed E-state index contributed by atoms with van der Waals surface area (Å²) >= 11 is 0. The largest absolute Gasteiger partial charge is 0.493 e. The minimum absolute atomic E-state index is 0.0595. The van der Waals surface area contributed by atoms with Gasteiger partial charge in [-0.25, -0.2) is 0 Å². The number of rotatable bonds is 5. The lowest BCUT2D eigenvalue weighted by molar-refractivity contribution is -0.385. The van der Waals surface area contributed by atoms with Gasteiger partial charge >= 0.3 is 0 Å². The fourth-order valence-electron chi connectivity index (χ4n) is 2.55. The average molecular weight is 355 g/mol. The van der Waals surface area contributed by atoms with Crippen molar-refractivity contribution in [3.05, 3.63) is 63.2 Å². The lowest BCUT2D eigenvalue weighted by Gasteiger charge is -2.09. The molecule has 0 unspecified atom stereocenters. The summed E-state index contributed by atoms with van der Waals surface area (Å²) in [6.45, 7) is 0. The number of hydrogen-bond donors (Lipinski definition) is 0. The molecule has 1 heterocycles. The predicted octanol–water partition coefficient (Wildman–Crippen LogP) is 2.24. The summed E-state index contributed by atoms with van der Waals surface area (Å²) in [5.74, 6) is -0.756. The Morgan fingerprint density at radius 2 is 1.58 bits per heavy atom. The second-order valence-electron chi connectivity index (χ2n) is 5.24. The highest BCUT2D eigenvalue weighted by Gasteiger charge is 2.35. The van der Waals surface area contributed by atoms with Crippen LogP contribution in [-0.2, 0) is 0 Å². The number of hydrazone groups is 1. The first-order chi connectivity index (χ1) is 12.5. The maximum Gasteiger partial charge on any atom is 0.282 e. The third kappa shape index (κ3) is 2.75. The van der Waals surface area contributed by atoms with Crippen LogP contribution in [0, 0.1) is 10.1 Å². The first-order valence-electron chi connectivity index (χ1n) is 7.40. The molecule has 0 fully saturated rings. The van der Waals surface area contributed by atoms with Crippen molar-refractivity contribution in [3.8, 4) is 11.5 Å². The molecule has 0 spiro atoms. The molecule has 0 N–H and O–H groups in total. The number of nitro groups is 1. The molecule has 2 aromatic rings. The first kappa shape index (κ1) is 17.1. The third-order valence-corrected chi connectivity index (χ3v) is 3.81. The predicted molar refractivity (Wildman–Crippen MR) is 90.7 cm³/mol. The number of nitro benzene ring substituents is 1. The number of benzene rings is 2. The van der Waals surface area contributed by atoms with Gasteiger partial charge in [0.1, 0.15) is 0 Å². The minimum Gasteiger partial charge on any atom is -0.493 e. The molecule has 0 aliphatic carbocycles. The van der Waals surface area contributed by atoms with Crippen molar-refractivity contribution in [1.29, 1.82) is 0 Å². The normalized spacial score (nSPS) is 13.2. The van der Waals surface area contributed by atoms with E-state index in [-0.39, 0.29) is 33.9 Å². The molecule has 9 nitrogen and oxygen atoms in total. The zero-order chi connectivity index (χ0) is 18.8. The van der Waals surface area contributed by atoms with Crippen LogP contribution in [0.4, 0.5) is 5.69 Å². The van der Waals surface area contributed by atoms with Crippen LogP contribution in [0.2, 0.25) is 0 Å². The Morgan fingerprint density at radius 3 is 2.08 bits per heavy atom. The highest BCUT2D eigenvalue weighted by molar-refractivity contribution is 6.21. The second-order valence-corrected chi connectivity index (χ2v) is 5.24. The molecule has 9 heteroatoms. The van der Waals surface area contributed by atoms with Crippen LogP contribution >= 0.6 is 0 Å². The van der Waals surface area contributed by atoms with Crippen LogP contribution in [0.5, 0.6) is 11.5 Å². The van der Waals surface area contributed by atoms with Crippen molar-refractivity contribution in [3.63, 3.8) is 0 Å². The van der Waals surface area contributed by atoms with Gasteiger partial charge in [0.15, 0.2) is 11.5 Å². The monoisotopic (exact) mass is 355 g/mol. The maximum absolute atomic E-state index is 12.3. The minimum atomic E-state index is -0.619. The van der Waals surface area contributed by atoms with Crippen molar-refractivity contribution in [2.24, 2.45) is 5.10 Å². The maximum atomic E-state index is 12.3. The summed E-state index contributed by atoms with van der Waals surface area (Å²) in [5, 5.41) is 15.8. The molecule has 0 atom stereocenters. The van der Waals surface area contributed by atoms with Gasteiger partial charge in [-0.3, -0.25) is 19.7 Å². The number of fused-ring (bicyclic) bond motifs is 1. The molecule has 2 amide bonds. The summed E-state index contributed by atoms with van der Waals surface area (Å²) in [4.78, 5) is 35.2. The first-order valence-corrected chi connectivity index (χ1v) is 7.40. The molecule has 1 aliphatic rings. The molecule has 1 aliphatic heterocycles. The number of carbonyl (C=O) groups excluding carboxylic acids is 2. The molecular weight excluding hydrogens is 342 g/mol. The lowest BCUT2D eigenvalue weighted by Crippen LogP contribution is -2.24. The average Bonchev–Trinajstić information content (AvgIpc) is 2.90. The van der Waals surface area contributed by atoms with Crippen molar-refractivity contribution < 1.29 is 24.0 Å². The van der Waals surface area contributed by atoms with Gasteiger partial charge in [0.2, 0.25) is 0 Å². The standard InChI is InChI=1S/C17H13N3O6/c1-25-14-7-10(13(20(23)24)8-15(14)26-2)9-18-19-16(21)11-5-3-4-6-12(11)17(19)22/h3-9H,1-2H3. The Bertz CT molecular complexity index is 919. The smallest absolute Gasteiger partial charge is 0.282 e. The molecule has 2 aromatic carbocycles. The summed E-state index contributed by atoms with van der Waals surface area (Å²) in [5.41, 5.74) is 0.222. The number of amides is 2. The molecular formula is C17H13N3O6. The van der Waals surface area contributed by atoms with Crippen molar-refractivity contribution in [1.82, 2.24) is 5.01 Å². The van der Waals surface area contributed by atoms with Gasteiger partial charge < -0.3 is 9.47 Å². The van der Waals surface area contributed by atoms with Crippen LogP contribution < -0.4 is 9.47 Å². The highest BCUT2D eigenvalue weighted by Crippen LogP contribution is 2.34. The summed E-state index contributed by atoms with van der Waals surface area (Å²) in [7, 11) is 2.74.